The number of fused-ring (bicyclic) bond motifs is 1. The minimum atomic E-state index is 0.690. The highest BCUT2D eigenvalue weighted by molar-refractivity contribution is 5.72. The highest BCUT2D eigenvalue weighted by Gasteiger charge is 2.13. The minimum Gasteiger partial charge on any atom is -0.290 e. The number of benzene rings is 2. The van der Waals surface area contributed by atoms with Crippen LogP contribution in [0.3, 0.4) is 0 Å². The van der Waals surface area contributed by atoms with E-state index in [1.165, 1.54) is 5.56 Å². The number of anilines is 1. The number of nitrogens with two attached hydrogens (primary N) is 1. The maximum atomic E-state index is 6.01. The molecule has 3 rings (SSSR count). The van der Waals surface area contributed by atoms with Crippen LogP contribution in [0.1, 0.15) is 33.3 Å². The molecule has 21 heavy (non-hydrogen) atoms. The summed E-state index contributed by atoms with van der Waals surface area (Å²) in [5.41, 5.74) is 9.46. The van der Waals surface area contributed by atoms with Gasteiger partial charge in [0.05, 0.1) is 6.54 Å². The third-order valence-electron chi connectivity index (χ3n) is 2.93. The van der Waals surface area contributed by atoms with Crippen LogP contribution < -0.4 is 10.3 Å². The Labute approximate surface area is 127 Å². The summed E-state index contributed by atoms with van der Waals surface area (Å²) in [6, 6.07) is 18.5. The number of para-hydroxylation sites is 2. The monoisotopic (exact) mass is 284 g/mol. The van der Waals surface area contributed by atoms with Gasteiger partial charge >= 0.3 is 5.95 Å². The van der Waals surface area contributed by atoms with E-state index >= 15 is 0 Å². The summed E-state index contributed by atoms with van der Waals surface area (Å²) in [5.74, 6) is 0.690. The normalized spacial score (nSPS) is 9.33. The summed E-state index contributed by atoms with van der Waals surface area (Å²) in [7, 11) is 0. The molecule has 0 unspecified atom stereocenters. The van der Waals surface area contributed by atoms with Gasteiger partial charge in [0.2, 0.25) is 0 Å². The number of aromatic nitrogens is 2. The maximum absolute atomic E-state index is 6.01. The zero-order chi connectivity index (χ0) is 15.7. The van der Waals surface area contributed by atoms with Gasteiger partial charge in [0.15, 0.2) is 0 Å². The molecule has 3 nitrogen and oxygen atoms in total. The second kappa shape index (κ2) is 8.80. The van der Waals surface area contributed by atoms with Gasteiger partial charge in [0, 0.05) is 0 Å². The average Bonchev–Trinajstić information content (AvgIpc) is 2.88. The Morgan fingerprint density at radius 3 is 2.10 bits per heavy atom. The number of aromatic amines is 1. The van der Waals surface area contributed by atoms with Crippen LogP contribution in [0.4, 0.5) is 5.95 Å². The van der Waals surface area contributed by atoms with Crippen molar-refractivity contribution in [2.75, 3.05) is 5.73 Å². The molecule has 2 aromatic carbocycles. The van der Waals surface area contributed by atoms with Crippen molar-refractivity contribution in [3.05, 3.63) is 60.2 Å². The first-order chi connectivity index (χ1) is 10.3. The number of nitrogen functional groups attached to an aromatic ring is 1. The van der Waals surface area contributed by atoms with Crippen LogP contribution in [-0.4, -0.2) is 4.98 Å². The lowest BCUT2D eigenvalue weighted by molar-refractivity contribution is -0.647. The molecule has 3 heteroatoms. The van der Waals surface area contributed by atoms with E-state index in [9.17, 15) is 0 Å². The largest absolute Gasteiger partial charge is 0.353 e. The highest BCUT2D eigenvalue weighted by Crippen LogP contribution is 2.11. The van der Waals surface area contributed by atoms with Gasteiger partial charge in [-0.25, -0.2) is 9.55 Å². The summed E-state index contributed by atoms with van der Waals surface area (Å²) >= 11 is 0. The Hall–Kier alpha value is -2.29. The lowest BCUT2D eigenvalue weighted by Gasteiger charge is -2.00. The minimum absolute atomic E-state index is 0.690. The molecule has 0 atom stereocenters. The predicted octanol–water partition coefficient (Wildman–Crippen LogP) is 4.14. The molecule has 0 saturated carbocycles. The molecule has 0 radical (unpaired) electrons. The van der Waals surface area contributed by atoms with Gasteiger partial charge in [-0.05, 0) is 17.7 Å². The molecule has 0 aliphatic carbocycles. The van der Waals surface area contributed by atoms with Crippen LogP contribution in [-0.2, 0) is 6.54 Å². The zero-order valence-corrected chi connectivity index (χ0v) is 13.4. The second-order valence-electron chi connectivity index (χ2n) is 4.10. The number of hydrogen-bond acceptors (Lipinski definition) is 1. The summed E-state index contributed by atoms with van der Waals surface area (Å²) in [6.07, 6.45) is 0. The third kappa shape index (κ3) is 4.09. The smallest absolute Gasteiger partial charge is 0.290 e. The van der Waals surface area contributed by atoms with Gasteiger partial charge in [0.25, 0.3) is 0 Å². The zero-order valence-electron chi connectivity index (χ0n) is 13.4. The Morgan fingerprint density at radius 2 is 1.43 bits per heavy atom. The van der Waals surface area contributed by atoms with Gasteiger partial charge in [0.1, 0.15) is 11.0 Å². The fraction of sp³-hybridized carbons (Fsp3) is 0.278. The Bertz CT molecular complexity index is 642. The summed E-state index contributed by atoms with van der Waals surface area (Å²) in [4.78, 5) is 3.19. The van der Waals surface area contributed by atoms with Gasteiger partial charge in [-0.1, -0.05) is 70.2 Å². The summed E-state index contributed by atoms with van der Waals surface area (Å²) < 4.78 is 2.09. The van der Waals surface area contributed by atoms with E-state index in [2.05, 4.69) is 27.8 Å². The molecule has 1 heterocycles. The van der Waals surface area contributed by atoms with Gasteiger partial charge in [-0.15, -0.1) is 0 Å². The number of H-pyrrole nitrogens is 1. The van der Waals surface area contributed by atoms with Crippen molar-refractivity contribution in [3.8, 4) is 0 Å². The SMILES string of the molecule is CC.CC.Nc1[nH]c2ccccc2[n+]1Cc1ccccc1. The van der Waals surface area contributed by atoms with Gasteiger partial charge in [-0.3, -0.25) is 5.73 Å². The lowest BCUT2D eigenvalue weighted by Crippen LogP contribution is -2.36. The van der Waals surface area contributed by atoms with Crippen molar-refractivity contribution in [2.45, 2.75) is 34.2 Å². The van der Waals surface area contributed by atoms with Crippen molar-refractivity contribution in [1.29, 1.82) is 0 Å². The van der Waals surface area contributed by atoms with Crippen molar-refractivity contribution in [3.63, 3.8) is 0 Å². The number of nitrogens with one attached hydrogen (secondary N) is 1. The van der Waals surface area contributed by atoms with Crippen LogP contribution in [0, 0.1) is 0 Å². The topological polar surface area (TPSA) is 45.7 Å². The third-order valence-corrected chi connectivity index (χ3v) is 2.93. The van der Waals surface area contributed by atoms with Crippen molar-refractivity contribution >= 4 is 17.0 Å². The van der Waals surface area contributed by atoms with Crippen molar-refractivity contribution in [1.82, 2.24) is 4.98 Å². The van der Waals surface area contributed by atoms with E-state index in [-0.39, 0.29) is 0 Å². The lowest BCUT2D eigenvalue weighted by atomic mass is 10.2. The van der Waals surface area contributed by atoms with E-state index in [1.54, 1.807) is 0 Å². The summed E-state index contributed by atoms with van der Waals surface area (Å²) in [5, 5.41) is 0. The second-order valence-corrected chi connectivity index (χ2v) is 4.10. The van der Waals surface area contributed by atoms with E-state index in [1.807, 2.05) is 64.1 Å². The molecule has 0 bridgehead atoms. The van der Waals surface area contributed by atoms with E-state index in [0.29, 0.717) is 5.95 Å². The standard InChI is InChI=1S/C14H13N3.2C2H6/c15-14-16-12-8-4-5-9-13(12)17(14)10-11-6-2-1-3-7-11;2*1-2/h1-9H,10H2,(H2,15,16);2*1-2H3/p+1. The van der Waals surface area contributed by atoms with Gasteiger partial charge in [-0.2, -0.15) is 0 Å². The van der Waals surface area contributed by atoms with Crippen molar-refractivity contribution < 1.29 is 4.57 Å². The average molecular weight is 284 g/mol. The molecule has 112 valence electrons. The molecule has 3 N–H and O–H groups in total. The molecule has 0 fully saturated rings. The van der Waals surface area contributed by atoms with Crippen LogP contribution in [0.2, 0.25) is 0 Å². The molecule has 3 aromatic rings. The Kier molecular flexibility index (Phi) is 7.02. The number of nitrogens with zero attached hydrogens (tertiary/aromatic N) is 1. The summed E-state index contributed by atoms with van der Waals surface area (Å²) in [6.45, 7) is 8.79. The fourth-order valence-corrected chi connectivity index (χ4v) is 2.09. The fourth-order valence-electron chi connectivity index (χ4n) is 2.09. The highest BCUT2D eigenvalue weighted by atomic mass is 15.1. The maximum Gasteiger partial charge on any atom is 0.353 e. The molecular weight excluding hydrogens is 258 g/mol. The van der Waals surface area contributed by atoms with Crippen molar-refractivity contribution in [2.24, 2.45) is 0 Å². The quantitative estimate of drug-likeness (QED) is 0.683. The molecule has 1 aromatic heterocycles. The van der Waals surface area contributed by atoms with Crippen LogP contribution in [0.25, 0.3) is 11.0 Å². The molecular formula is C18H26N3+. The van der Waals surface area contributed by atoms with Crippen LogP contribution >= 0.6 is 0 Å². The number of hydrogen-bond donors (Lipinski definition) is 2. The molecule has 0 spiro atoms. The van der Waals surface area contributed by atoms with Crippen LogP contribution in [0.15, 0.2) is 54.6 Å². The number of rotatable bonds is 2. The van der Waals surface area contributed by atoms with Crippen LogP contribution in [0.5, 0.6) is 0 Å². The molecule has 0 amide bonds. The van der Waals surface area contributed by atoms with Gasteiger partial charge < -0.3 is 0 Å². The first-order valence-electron chi connectivity index (χ1n) is 7.64. The first-order valence-corrected chi connectivity index (χ1v) is 7.64. The Morgan fingerprint density at radius 1 is 0.857 bits per heavy atom. The molecule has 0 aliphatic heterocycles. The number of imidazole rings is 1. The molecule has 0 saturated heterocycles. The molecule has 0 aliphatic rings. The van der Waals surface area contributed by atoms with E-state index < -0.39 is 0 Å². The van der Waals surface area contributed by atoms with E-state index in [4.69, 9.17) is 5.73 Å². The first kappa shape index (κ1) is 16.8. The predicted molar refractivity (Wildman–Crippen MR) is 91.1 cm³/mol. The Balaban J connectivity index is 0.000000510. The van der Waals surface area contributed by atoms with E-state index in [0.717, 1.165) is 17.6 Å².